The van der Waals surface area contributed by atoms with Gasteiger partial charge in [0.1, 0.15) is 5.82 Å². The summed E-state index contributed by atoms with van der Waals surface area (Å²) in [6.45, 7) is 9.97. The Labute approximate surface area is 199 Å². The van der Waals surface area contributed by atoms with E-state index in [4.69, 9.17) is 16.6 Å². The Morgan fingerprint density at radius 2 is 1.64 bits per heavy atom. The molecule has 4 nitrogen and oxygen atoms in total. The van der Waals surface area contributed by atoms with E-state index in [-0.39, 0.29) is 5.82 Å². The van der Waals surface area contributed by atoms with Crippen LogP contribution in [0.5, 0.6) is 0 Å². The van der Waals surface area contributed by atoms with Crippen LogP contribution in [-0.4, -0.2) is 35.7 Å². The highest BCUT2D eigenvalue weighted by Gasteiger charge is 2.22. The maximum Gasteiger partial charge on any atom is 0.206 e. The van der Waals surface area contributed by atoms with Gasteiger partial charge in [0, 0.05) is 36.8 Å². The van der Waals surface area contributed by atoms with Crippen LogP contribution in [0, 0.1) is 26.6 Å². The van der Waals surface area contributed by atoms with E-state index in [0.29, 0.717) is 22.7 Å². The van der Waals surface area contributed by atoms with Crippen molar-refractivity contribution in [3.8, 4) is 11.1 Å². The molecular formula is C27H28ClFN4. The fourth-order valence-corrected chi connectivity index (χ4v) is 5.04. The molecule has 4 aromatic rings. The first-order chi connectivity index (χ1) is 15.9. The van der Waals surface area contributed by atoms with E-state index in [1.807, 2.05) is 50.2 Å². The van der Waals surface area contributed by atoms with Crippen molar-refractivity contribution in [1.82, 2.24) is 14.9 Å². The van der Waals surface area contributed by atoms with E-state index in [2.05, 4.69) is 33.8 Å². The molecule has 5 rings (SSSR count). The van der Waals surface area contributed by atoms with Gasteiger partial charge < -0.3 is 14.8 Å². The predicted molar refractivity (Wildman–Crippen MR) is 135 cm³/mol. The Hall–Kier alpha value is -2.89. The minimum atomic E-state index is -0.138. The summed E-state index contributed by atoms with van der Waals surface area (Å²) in [6.07, 6.45) is 0. The van der Waals surface area contributed by atoms with E-state index in [1.54, 1.807) is 0 Å². The van der Waals surface area contributed by atoms with E-state index in [9.17, 15) is 4.39 Å². The normalized spacial score (nSPS) is 14.3. The molecule has 2 heterocycles. The van der Waals surface area contributed by atoms with Gasteiger partial charge in [-0.3, -0.25) is 0 Å². The van der Waals surface area contributed by atoms with E-state index < -0.39 is 0 Å². The minimum absolute atomic E-state index is 0.138. The van der Waals surface area contributed by atoms with Gasteiger partial charge >= 0.3 is 0 Å². The van der Waals surface area contributed by atoms with Crippen molar-refractivity contribution < 1.29 is 4.39 Å². The Morgan fingerprint density at radius 3 is 2.33 bits per heavy atom. The number of fused-ring (bicyclic) bond motifs is 1. The van der Waals surface area contributed by atoms with Gasteiger partial charge in [-0.2, -0.15) is 0 Å². The van der Waals surface area contributed by atoms with Crippen LogP contribution in [0.15, 0.2) is 48.5 Å². The van der Waals surface area contributed by atoms with Crippen molar-refractivity contribution in [2.45, 2.75) is 27.3 Å². The number of aryl methyl sites for hydroxylation is 3. The molecule has 1 aliphatic rings. The Bertz CT molecular complexity index is 1310. The molecule has 0 saturated carbocycles. The van der Waals surface area contributed by atoms with Crippen LogP contribution in [0.3, 0.4) is 0 Å². The molecule has 0 amide bonds. The molecule has 1 saturated heterocycles. The van der Waals surface area contributed by atoms with Gasteiger partial charge in [0.05, 0.1) is 17.6 Å². The molecule has 0 bridgehead atoms. The smallest absolute Gasteiger partial charge is 0.206 e. The first-order valence-electron chi connectivity index (χ1n) is 11.4. The second-order valence-electron chi connectivity index (χ2n) is 8.91. The van der Waals surface area contributed by atoms with Crippen molar-refractivity contribution in [2.24, 2.45) is 0 Å². The topological polar surface area (TPSA) is 33.1 Å². The highest BCUT2D eigenvalue weighted by molar-refractivity contribution is 6.31. The van der Waals surface area contributed by atoms with E-state index in [0.717, 1.165) is 59.9 Å². The SMILES string of the molecule is Cc1ccccc1-c1cc(Cl)cc2c1nc(N1CCNCC1)n2Cc1cc(C)c(F)c(C)c1. The zero-order valence-electron chi connectivity index (χ0n) is 19.3. The summed E-state index contributed by atoms with van der Waals surface area (Å²) in [5.41, 5.74) is 7.68. The molecule has 170 valence electrons. The number of halogens is 2. The van der Waals surface area contributed by atoms with Gasteiger partial charge in [0.2, 0.25) is 5.95 Å². The molecule has 1 aliphatic heterocycles. The molecule has 6 heteroatoms. The molecule has 0 unspecified atom stereocenters. The fourth-order valence-electron chi connectivity index (χ4n) is 4.83. The van der Waals surface area contributed by atoms with Crippen LogP contribution < -0.4 is 10.2 Å². The van der Waals surface area contributed by atoms with Crippen LogP contribution in [0.4, 0.5) is 10.3 Å². The minimum Gasteiger partial charge on any atom is -0.340 e. The molecule has 0 aliphatic carbocycles. The van der Waals surface area contributed by atoms with Crippen LogP contribution in [-0.2, 0) is 6.54 Å². The first kappa shape index (κ1) is 21.9. The summed E-state index contributed by atoms with van der Waals surface area (Å²) >= 11 is 6.65. The summed E-state index contributed by atoms with van der Waals surface area (Å²) in [7, 11) is 0. The summed E-state index contributed by atoms with van der Waals surface area (Å²) in [4.78, 5) is 7.51. The molecule has 1 fully saturated rings. The lowest BCUT2D eigenvalue weighted by Crippen LogP contribution is -2.44. The molecule has 0 spiro atoms. The number of aromatic nitrogens is 2. The van der Waals surface area contributed by atoms with Crippen molar-refractivity contribution in [3.63, 3.8) is 0 Å². The number of anilines is 1. The maximum atomic E-state index is 14.3. The Morgan fingerprint density at radius 1 is 0.939 bits per heavy atom. The number of hydrogen-bond donors (Lipinski definition) is 1. The Balaban J connectivity index is 1.73. The number of imidazole rings is 1. The van der Waals surface area contributed by atoms with Crippen LogP contribution in [0.2, 0.25) is 5.02 Å². The predicted octanol–water partition coefficient (Wildman–Crippen LogP) is 5.88. The average Bonchev–Trinajstić information content (AvgIpc) is 3.16. The number of nitrogens with zero attached hydrogens (tertiary/aromatic N) is 3. The number of rotatable bonds is 4. The third-order valence-electron chi connectivity index (χ3n) is 6.47. The monoisotopic (exact) mass is 462 g/mol. The highest BCUT2D eigenvalue weighted by atomic mass is 35.5. The second-order valence-corrected chi connectivity index (χ2v) is 9.35. The number of hydrogen-bond acceptors (Lipinski definition) is 3. The molecule has 0 radical (unpaired) electrons. The zero-order valence-corrected chi connectivity index (χ0v) is 20.0. The lowest BCUT2D eigenvalue weighted by Gasteiger charge is -2.29. The van der Waals surface area contributed by atoms with Gasteiger partial charge in [0.25, 0.3) is 0 Å². The lowest BCUT2D eigenvalue weighted by atomic mass is 9.99. The fraction of sp³-hybridized carbons (Fsp3) is 0.296. The molecule has 0 atom stereocenters. The van der Waals surface area contributed by atoms with Crippen molar-refractivity contribution in [3.05, 3.63) is 81.6 Å². The van der Waals surface area contributed by atoms with Gasteiger partial charge in [0.15, 0.2) is 0 Å². The number of piperazine rings is 1. The largest absolute Gasteiger partial charge is 0.340 e. The van der Waals surface area contributed by atoms with Gasteiger partial charge in [-0.25, -0.2) is 9.37 Å². The van der Waals surface area contributed by atoms with E-state index in [1.165, 1.54) is 5.56 Å². The molecule has 33 heavy (non-hydrogen) atoms. The van der Waals surface area contributed by atoms with Crippen LogP contribution in [0.1, 0.15) is 22.3 Å². The third kappa shape index (κ3) is 4.11. The van der Waals surface area contributed by atoms with Gasteiger partial charge in [-0.15, -0.1) is 0 Å². The highest BCUT2D eigenvalue weighted by Crippen LogP contribution is 2.36. The Kier molecular flexibility index (Phi) is 5.85. The number of benzene rings is 3. The molecule has 3 aromatic carbocycles. The summed E-state index contributed by atoms with van der Waals surface area (Å²) in [5.74, 6) is 0.796. The van der Waals surface area contributed by atoms with Gasteiger partial charge in [-0.1, -0.05) is 48.0 Å². The van der Waals surface area contributed by atoms with Crippen molar-refractivity contribution in [2.75, 3.05) is 31.1 Å². The molecule has 1 N–H and O–H groups in total. The quantitative estimate of drug-likeness (QED) is 0.411. The summed E-state index contributed by atoms with van der Waals surface area (Å²) in [6, 6.07) is 16.2. The van der Waals surface area contributed by atoms with Gasteiger partial charge in [-0.05, 0) is 60.7 Å². The average molecular weight is 463 g/mol. The lowest BCUT2D eigenvalue weighted by molar-refractivity contribution is 0.571. The molecular weight excluding hydrogens is 435 g/mol. The van der Waals surface area contributed by atoms with Crippen molar-refractivity contribution in [1.29, 1.82) is 0 Å². The summed E-state index contributed by atoms with van der Waals surface area (Å²) in [5, 5.41) is 4.10. The third-order valence-corrected chi connectivity index (χ3v) is 6.69. The second kappa shape index (κ2) is 8.81. The first-order valence-corrected chi connectivity index (χ1v) is 11.8. The zero-order chi connectivity index (χ0) is 23.1. The van der Waals surface area contributed by atoms with Crippen LogP contribution in [0.25, 0.3) is 22.2 Å². The molecule has 1 aromatic heterocycles. The van der Waals surface area contributed by atoms with E-state index >= 15 is 0 Å². The van der Waals surface area contributed by atoms with Crippen molar-refractivity contribution >= 4 is 28.6 Å². The summed E-state index contributed by atoms with van der Waals surface area (Å²) < 4.78 is 16.5. The maximum absolute atomic E-state index is 14.3. The standard InChI is InChI=1S/C27H28ClFN4/c1-17-6-4-5-7-22(17)23-14-21(28)15-24-26(23)31-27(32-10-8-30-9-11-32)33(24)16-20-12-18(2)25(29)19(3)13-20/h4-7,12-15,30H,8-11,16H2,1-3H3. The van der Waals surface area contributed by atoms with Crippen LogP contribution >= 0.6 is 11.6 Å². The number of nitrogens with one attached hydrogen (secondary N) is 1.